The topological polar surface area (TPSA) is 37.4 Å². The Labute approximate surface area is 91.1 Å². The van der Waals surface area contributed by atoms with Crippen LogP contribution in [0, 0.1) is 0 Å². The smallest absolute Gasteiger partial charge is 0.256 e. The van der Waals surface area contributed by atoms with Gasteiger partial charge >= 0.3 is 0 Å². The first-order chi connectivity index (χ1) is 7.11. The zero-order valence-electron chi connectivity index (χ0n) is 8.76. The molecular formula is C11H15NO2S. The highest BCUT2D eigenvalue weighted by atomic mass is 32.2. The van der Waals surface area contributed by atoms with E-state index < -0.39 is 10.0 Å². The van der Waals surface area contributed by atoms with Crippen molar-refractivity contribution in [3.05, 3.63) is 42.3 Å². The number of rotatable bonds is 5. The lowest BCUT2D eigenvalue weighted by atomic mass is 10.3. The Morgan fingerprint density at radius 3 is 2.40 bits per heavy atom. The molecule has 0 N–H and O–H groups in total. The highest BCUT2D eigenvalue weighted by Gasteiger charge is 2.17. The first kappa shape index (κ1) is 11.8. The van der Waals surface area contributed by atoms with Gasteiger partial charge in [-0.25, -0.2) is 8.42 Å². The summed E-state index contributed by atoms with van der Waals surface area (Å²) < 4.78 is 24.8. The van der Waals surface area contributed by atoms with Crippen LogP contribution in [-0.4, -0.2) is 15.0 Å². The average molecular weight is 225 g/mol. The average Bonchev–Trinajstić information content (AvgIpc) is 2.27. The predicted octanol–water partition coefficient (Wildman–Crippen LogP) is 2.38. The second-order valence-corrected chi connectivity index (χ2v) is 4.92. The Morgan fingerprint density at radius 1 is 1.33 bits per heavy atom. The number of benzene rings is 1. The van der Waals surface area contributed by atoms with Crippen molar-refractivity contribution in [3.63, 3.8) is 0 Å². The summed E-state index contributed by atoms with van der Waals surface area (Å²) in [7, 11) is -3.38. The van der Waals surface area contributed by atoms with Crippen LogP contribution >= 0.6 is 0 Å². The lowest BCUT2D eigenvalue weighted by Crippen LogP contribution is -2.29. The summed E-state index contributed by atoms with van der Waals surface area (Å²) in [5.41, 5.74) is 0.680. The monoisotopic (exact) mass is 225 g/mol. The molecule has 0 radical (unpaired) electrons. The Morgan fingerprint density at radius 2 is 1.93 bits per heavy atom. The van der Waals surface area contributed by atoms with Crippen molar-refractivity contribution in [2.24, 2.45) is 0 Å². The zero-order valence-corrected chi connectivity index (χ0v) is 9.57. The summed E-state index contributed by atoms with van der Waals surface area (Å²) in [5, 5.41) is 0.982. The molecule has 0 heterocycles. The van der Waals surface area contributed by atoms with Crippen LogP contribution in [0.15, 0.2) is 42.3 Å². The molecule has 0 aliphatic carbocycles. The minimum absolute atomic E-state index is 0.471. The summed E-state index contributed by atoms with van der Waals surface area (Å²) in [6.45, 7) is 5.74. The maximum atomic E-state index is 11.7. The molecule has 0 fully saturated rings. The van der Waals surface area contributed by atoms with Crippen LogP contribution in [0.4, 0.5) is 5.69 Å². The van der Waals surface area contributed by atoms with E-state index in [0.717, 1.165) is 11.8 Å². The molecular weight excluding hydrogens is 210 g/mol. The molecule has 15 heavy (non-hydrogen) atoms. The van der Waals surface area contributed by atoms with E-state index in [0.29, 0.717) is 12.2 Å². The van der Waals surface area contributed by atoms with Crippen LogP contribution in [-0.2, 0) is 10.0 Å². The summed E-state index contributed by atoms with van der Waals surface area (Å²) >= 11 is 0. The molecule has 3 nitrogen and oxygen atoms in total. The van der Waals surface area contributed by atoms with Crippen LogP contribution in [0.1, 0.15) is 13.3 Å². The molecule has 0 atom stereocenters. The van der Waals surface area contributed by atoms with Gasteiger partial charge in [-0.1, -0.05) is 31.7 Å². The molecule has 0 spiro atoms. The van der Waals surface area contributed by atoms with Gasteiger partial charge in [0.25, 0.3) is 10.0 Å². The summed E-state index contributed by atoms with van der Waals surface area (Å²) in [6, 6.07) is 9.04. The van der Waals surface area contributed by atoms with Gasteiger partial charge in [-0.05, 0) is 18.6 Å². The Hall–Kier alpha value is -1.29. The third-order valence-corrected chi connectivity index (χ3v) is 3.42. The number of sulfonamides is 1. The summed E-state index contributed by atoms with van der Waals surface area (Å²) in [4.78, 5) is 0. The van der Waals surface area contributed by atoms with E-state index in [9.17, 15) is 8.42 Å². The van der Waals surface area contributed by atoms with Crippen molar-refractivity contribution in [1.82, 2.24) is 0 Å². The quantitative estimate of drug-likeness (QED) is 0.771. The number of anilines is 1. The predicted molar refractivity (Wildman–Crippen MR) is 63.2 cm³/mol. The fourth-order valence-electron chi connectivity index (χ4n) is 1.29. The third kappa shape index (κ3) is 2.83. The van der Waals surface area contributed by atoms with Crippen molar-refractivity contribution in [2.75, 3.05) is 10.8 Å². The van der Waals surface area contributed by atoms with Crippen molar-refractivity contribution >= 4 is 15.7 Å². The molecule has 0 bridgehead atoms. The number of para-hydroxylation sites is 1. The molecule has 1 rings (SSSR count). The summed E-state index contributed by atoms with van der Waals surface area (Å²) in [6.07, 6.45) is 0.766. The highest BCUT2D eigenvalue weighted by Crippen LogP contribution is 2.18. The van der Waals surface area contributed by atoms with Gasteiger partial charge in [-0.2, -0.15) is 0 Å². The maximum Gasteiger partial charge on any atom is 0.256 e. The van der Waals surface area contributed by atoms with Crippen molar-refractivity contribution in [3.8, 4) is 0 Å². The van der Waals surface area contributed by atoms with E-state index in [-0.39, 0.29) is 0 Å². The first-order valence-electron chi connectivity index (χ1n) is 4.82. The maximum absolute atomic E-state index is 11.7. The Kier molecular flexibility index (Phi) is 3.91. The van der Waals surface area contributed by atoms with Crippen molar-refractivity contribution in [1.29, 1.82) is 0 Å². The van der Waals surface area contributed by atoms with Crippen LogP contribution < -0.4 is 4.31 Å². The second-order valence-electron chi connectivity index (χ2n) is 3.12. The van der Waals surface area contributed by atoms with Gasteiger partial charge in [-0.15, -0.1) is 0 Å². The second kappa shape index (κ2) is 4.98. The number of hydrogen-bond acceptors (Lipinski definition) is 2. The van der Waals surface area contributed by atoms with Gasteiger partial charge in [0.15, 0.2) is 0 Å². The van der Waals surface area contributed by atoms with Gasteiger partial charge in [0.1, 0.15) is 0 Å². The molecule has 0 saturated carbocycles. The van der Waals surface area contributed by atoms with Crippen molar-refractivity contribution < 1.29 is 8.42 Å². The van der Waals surface area contributed by atoms with Crippen LogP contribution in [0.5, 0.6) is 0 Å². The van der Waals surface area contributed by atoms with Gasteiger partial charge < -0.3 is 0 Å². The SMILES string of the molecule is C=CS(=O)(=O)N(CCC)c1ccccc1. The highest BCUT2D eigenvalue weighted by molar-refractivity contribution is 7.95. The van der Waals surface area contributed by atoms with Crippen LogP contribution in [0.2, 0.25) is 0 Å². The van der Waals surface area contributed by atoms with E-state index >= 15 is 0 Å². The van der Waals surface area contributed by atoms with Gasteiger partial charge in [0.2, 0.25) is 0 Å². The van der Waals surface area contributed by atoms with Crippen molar-refractivity contribution in [2.45, 2.75) is 13.3 Å². The lowest BCUT2D eigenvalue weighted by Gasteiger charge is -2.21. The molecule has 0 unspecified atom stereocenters. The minimum atomic E-state index is -3.38. The van der Waals surface area contributed by atoms with E-state index in [1.54, 1.807) is 12.1 Å². The van der Waals surface area contributed by atoms with Gasteiger partial charge in [0, 0.05) is 12.0 Å². The van der Waals surface area contributed by atoms with Crippen LogP contribution in [0.3, 0.4) is 0 Å². The van der Waals surface area contributed by atoms with Crippen LogP contribution in [0.25, 0.3) is 0 Å². The molecule has 0 aliphatic rings. The largest absolute Gasteiger partial charge is 0.267 e. The van der Waals surface area contributed by atoms with E-state index in [1.807, 2.05) is 25.1 Å². The fraction of sp³-hybridized carbons (Fsp3) is 0.273. The standard InChI is InChI=1S/C11H15NO2S/c1-3-10-12(15(13,14)4-2)11-8-6-5-7-9-11/h4-9H,2-3,10H2,1H3. The first-order valence-corrected chi connectivity index (χ1v) is 6.32. The minimum Gasteiger partial charge on any atom is -0.267 e. The molecule has 0 aromatic heterocycles. The van der Waals surface area contributed by atoms with E-state index in [1.165, 1.54) is 4.31 Å². The normalized spacial score (nSPS) is 11.0. The molecule has 0 saturated heterocycles. The Balaban J connectivity index is 3.09. The molecule has 1 aromatic carbocycles. The molecule has 82 valence electrons. The molecule has 1 aromatic rings. The Bertz CT molecular complexity index is 411. The van der Waals surface area contributed by atoms with E-state index in [2.05, 4.69) is 6.58 Å². The lowest BCUT2D eigenvalue weighted by molar-refractivity contribution is 0.599. The zero-order chi connectivity index (χ0) is 11.3. The van der Waals surface area contributed by atoms with Gasteiger partial charge in [-0.3, -0.25) is 4.31 Å². The summed E-state index contributed by atoms with van der Waals surface area (Å²) in [5.74, 6) is 0. The number of nitrogens with zero attached hydrogens (tertiary/aromatic N) is 1. The third-order valence-electron chi connectivity index (χ3n) is 1.99. The van der Waals surface area contributed by atoms with Gasteiger partial charge in [0.05, 0.1) is 5.69 Å². The number of hydrogen-bond donors (Lipinski definition) is 0. The molecule has 4 heteroatoms. The molecule has 0 amide bonds. The fourth-order valence-corrected chi connectivity index (χ4v) is 2.32. The van der Waals surface area contributed by atoms with E-state index in [4.69, 9.17) is 0 Å². The molecule has 0 aliphatic heterocycles.